The van der Waals surface area contributed by atoms with E-state index in [1.807, 2.05) is 19.1 Å². The van der Waals surface area contributed by atoms with Gasteiger partial charge in [-0.15, -0.1) is 0 Å². The molecule has 0 saturated carbocycles. The van der Waals surface area contributed by atoms with Crippen LogP contribution < -0.4 is 5.73 Å². The first kappa shape index (κ1) is 22.9. The lowest BCUT2D eigenvalue weighted by molar-refractivity contribution is -0.142. The first-order valence-electron chi connectivity index (χ1n) is 8.97. The minimum absolute atomic E-state index is 0.00287. The van der Waals surface area contributed by atoms with Crippen molar-refractivity contribution in [3.63, 3.8) is 0 Å². The van der Waals surface area contributed by atoms with Crippen molar-refractivity contribution in [2.75, 3.05) is 13.1 Å². The SMILES string of the molecule is Cc1ccccc1C(N)=O.O=C(O)C1CCCN(S(=O)(=O)c2ccccc2Cl)C1. The normalized spacial score (nSPS) is 17.1. The molecule has 1 heterocycles. The number of rotatable bonds is 4. The number of piperidine rings is 1. The Morgan fingerprint density at radius 2 is 1.76 bits per heavy atom. The van der Waals surface area contributed by atoms with E-state index in [0.717, 1.165) is 5.56 Å². The molecule has 0 radical (unpaired) electrons. The average molecular weight is 439 g/mol. The summed E-state index contributed by atoms with van der Waals surface area (Å²) in [6, 6.07) is 13.4. The molecule has 1 saturated heterocycles. The Morgan fingerprint density at radius 3 is 2.31 bits per heavy atom. The number of halogens is 1. The number of nitrogens with zero attached hydrogens (tertiary/aromatic N) is 1. The van der Waals surface area contributed by atoms with E-state index in [2.05, 4.69) is 0 Å². The number of carboxylic acid groups (broad SMARTS) is 1. The summed E-state index contributed by atoms with van der Waals surface area (Å²) >= 11 is 5.90. The number of carboxylic acids is 1. The highest BCUT2D eigenvalue weighted by atomic mass is 35.5. The number of amides is 1. The van der Waals surface area contributed by atoms with Gasteiger partial charge >= 0.3 is 5.97 Å². The van der Waals surface area contributed by atoms with Crippen molar-refractivity contribution in [1.82, 2.24) is 4.31 Å². The van der Waals surface area contributed by atoms with Gasteiger partial charge in [-0.05, 0) is 43.5 Å². The maximum Gasteiger partial charge on any atom is 0.307 e. The summed E-state index contributed by atoms with van der Waals surface area (Å²) in [5.74, 6) is -1.97. The van der Waals surface area contributed by atoms with Crippen molar-refractivity contribution >= 4 is 33.5 Å². The molecule has 9 heteroatoms. The van der Waals surface area contributed by atoms with Crippen molar-refractivity contribution in [3.05, 3.63) is 64.7 Å². The fraction of sp³-hybridized carbons (Fsp3) is 0.300. The molecular formula is C20H23ClN2O5S. The summed E-state index contributed by atoms with van der Waals surface area (Å²) in [6.07, 6.45) is 1.05. The van der Waals surface area contributed by atoms with Crippen LogP contribution in [0.1, 0.15) is 28.8 Å². The lowest BCUT2D eigenvalue weighted by Gasteiger charge is -2.30. The topological polar surface area (TPSA) is 118 Å². The van der Waals surface area contributed by atoms with Crippen molar-refractivity contribution in [2.45, 2.75) is 24.7 Å². The molecule has 7 nitrogen and oxygen atoms in total. The zero-order valence-electron chi connectivity index (χ0n) is 15.9. The standard InChI is InChI=1S/C12H14ClNO4S.C8H9NO/c13-10-5-1-2-6-11(10)19(17,18)14-7-3-4-9(8-14)12(15)16;1-6-4-2-3-5-7(6)8(9)10/h1-2,5-6,9H,3-4,7-8H2,(H,15,16);2-5H,1H3,(H2,9,10). The molecule has 1 aliphatic rings. The van der Waals surface area contributed by atoms with Gasteiger partial charge < -0.3 is 10.8 Å². The summed E-state index contributed by atoms with van der Waals surface area (Å²) in [7, 11) is -3.72. The summed E-state index contributed by atoms with van der Waals surface area (Å²) in [6.45, 7) is 2.19. The fourth-order valence-electron chi connectivity index (χ4n) is 3.00. The highest BCUT2D eigenvalue weighted by Crippen LogP contribution is 2.28. The van der Waals surface area contributed by atoms with Gasteiger partial charge in [-0.1, -0.05) is 41.9 Å². The highest BCUT2D eigenvalue weighted by molar-refractivity contribution is 7.89. The number of nitrogens with two attached hydrogens (primary N) is 1. The van der Waals surface area contributed by atoms with Crippen LogP contribution >= 0.6 is 11.6 Å². The van der Waals surface area contributed by atoms with Crippen LogP contribution in [0, 0.1) is 12.8 Å². The van der Waals surface area contributed by atoms with Gasteiger partial charge in [0.05, 0.1) is 10.9 Å². The monoisotopic (exact) mass is 438 g/mol. The van der Waals surface area contributed by atoms with Crippen molar-refractivity contribution in [1.29, 1.82) is 0 Å². The maximum absolute atomic E-state index is 12.4. The van der Waals surface area contributed by atoms with Gasteiger partial charge in [0, 0.05) is 18.7 Å². The lowest BCUT2D eigenvalue weighted by Crippen LogP contribution is -2.42. The molecule has 1 fully saturated rings. The molecule has 2 aromatic carbocycles. The van der Waals surface area contributed by atoms with E-state index >= 15 is 0 Å². The molecule has 1 unspecified atom stereocenters. The van der Waals surface area contributed by atoms with Gasteiger partial charge in [-0.3, -0.25) is 9.59 Å². The summed E-state index contributed by atoms with van der Waals surface area (Å²) in [5, 5.41) is 9.15. The second-order valence-corrected chi connectivity index (χ2v) is 8.96. The van der Waals surface area contributed by atoms with Crippen LogP contribution in [0.2, 0.25) is 5.02 Å². The zero-order chi connectivity index (χ0) is 21.6. The van der Waals surface area contributed by atoms with Gasteiger partial charge in [0.1, 0.15) is 4.90 Å². The van der Waals surface area contributed by atoms with Crippen molar-refractivity contribution < 1.29 is 23.1 Å². The molecule has 3 rings (SSSR count). The number of aryl methyl sites for hydroxylation is 1. The summed E-state index contributed by atoms with van der Waals surface area (Å²) in [4.78, 5) is 21.7. The first-order chi connectivity index (χ1) is 13.6. The third kappa shape index (κ3) is 5.79. The molecule has 3 N–H and O–H groups in total. The molecule has 29 heavy (non-hydrogen) atoms. The van der Waals surface area contributed by atoms with Crippen LogP contribution in [0.15, 0.2) is 53.4 Å². The van der Waals surface area contributed by atoms with E-state index in [1.54, 1.807) is 24.3 Å². The Labute approximate surface area is 175 Å². The molecule has 0 aliphatic carbocycles. The number of aliphatic carboxylic acids is 1. The Morgan fingerprint density at radius 1 is 1.14 bits per heavy atom. The van der Waals surface area contributed by atoms with Gasteiger partial charge in [0.25, 0.3) is 0 Å². The largest absolute Gasteiger partial charge is 0.481 e. The minimum atomic E-state index is -3.72. The smallest absolute Gasteiger partial charge is 0.307 e. The molecular weight excluding hydrogens is 416 g/mol. The van der Waals surface area contributed by atoms with Crippen molar-refractivity contribution in [2.24, 2.45) is 11.7 Å². The Kier molecular flexibility index (Phi) is 7.78. The van der Waals surface area contributed by atoms with Gasteiger partial charge in [0.15, 0.2) is 0 Å². The maximum atomic E-state index is 12.4. The van der Waals surface area contributed by atoms with Crippen LogP contribution in [0.3, 0.4) is 0 Å². The van der Waals surface area contributed by atoms with E-state index in [1.165, 1.54) is 16.4 Å². The highest BCUT2D eigenvalue weighted by Gasteiger charge is 2.34. The van der Waals surface area contributed by atoms with Gasteiger partial charge in [0.2, 0.25) is 15.9 Å². The van der Waals surface area contributed by atoms with E-state index in [0.29, 0.717) is 24.9 Å². The number of benzene rings is 2. The molecule has 1 amide bonds. The van der Waals surface area contributed by atoms with Crippen LogP contribution in [-0.4, -0.2) is 42.8 Å². The second-order valence-electron chi connectivity index (χ2n) is 6.65. The quantitative estimate of drug-likeness (QED) is 0.760. The molecule has 0 aromatic heterocycles. The number of hydrogen-bond acceptors (Lipinski definition) is 4. The minimum Gasteiger partial charge on any atom is -0.481 e. The van der Waals surface area contributed by atoms with Crippen LogP contribution in [0.25, 0.3) is 0 Å². The third-order valence-electron chi connectivity index (χ3n) is 4.60. The molecule has 1 aliphatic heterocycles. The average Bonchev–Trinajstić information content (AvgIpc) is 2.69. The number of hydrogen-bond donors (Lipinski definition) is 2. The molecule has 0 bridgehead atoms. The van der Waals surface area contributed by atoms with Gasteiger partial charge in [-0.2, -0.15) is 4.31 Å². The van der Waals surface area contributed by atoms with Crippen LogP contribution in [-0.2, 0) is 14.8 Å². The summed E-state index contributed by atoms with van der Waals surface area (Å²) < 4.78 is 26.1. The lowest BCUT2D eigenvalue weighted by atomic mass is 10.0. The fourth-order valence-corrected chi connectivity index (χ4v) is 5.02. The van der Waals surface area contributed by atoms with Gasteiger partial charge in [-0.25, -0.2) is 8.42 Å². The third-order valence-corrected chi connectivity index (χ3v) is 6.96. The van der Waals surface area contributed by atoms with Crippen LogP contribution in [0.5, 0.6) is 0 Å². The van der Waals surface area contributed by atoms with Crippen molar-refractivity contribution in [3.8, 4) is 0 Å². The van der Waals surface area contributed by atoms with E-state index in [9.17, 15) is 18.0 Å². The molecule has 0 spiro atoms. The van der Waals surface area contributed by atoms with E-state index in [4.69, 9.17) is 22.4 Å². The zero-order valence-corrected chi connectivity index (χ0v) is 17.5. The summed E-state index contributed by atoms with van der Waals surface area (Å²) in [5.41, 5.74) is 6.60. The molecule has 1 atom stereocenters. The predicted molar refractivity (Wildman–Crippen MR) is 110 cm³/mol. The molecule has 156 valence electrons. The molecule has 2 aromatic rings. The Bertz CT molecular complexity index is 994. The van der Waals surface area contributed by atoms with Crippen LogP contribution in [0.4, 0.5) is 0 Å². The Balaban J connectivity index is 0.000000253. The van der Waals surface area contributed by atoms with E-state index < -0.39 is 21.9 Å². The number of sulfonamides is 1. The first-order valence-corrected chi connectivity index (χ1v) is 10.8. The second kappa shape index (κ2) is 9.87. The number of carbonyl (C=O) groups is 2. The Hall–Kier alpha value is -2.42. The predicted octanol–water partition coefficient (Wildman–Crippen LogP) is 2.92. The number of primary amides is 1. The number of carbonyl (C=O) groups excluding carboxylic acids is 1. The van der Waals surface area contributed by atoms with E-state index in [-0.39, 0.29) is 22.4 Å².